The van der Waals surface area contributed by atoms with Crippen LogP contribution < -0.4 is 0 Å². The summed E-state index contributed by atoms with van der Waals surface area (Å²) in [7, 11) is -3.97. The molecule has 0 spiro atoms. The van der Waals surface area contributed by atoms with Crippen molar-refractivity contribution in [2.24, 2.45) is 5.92 Å². The van der Waals surface area contributed by atoms with Gasteiger partial charge in [-0.05, 0) is 45.6 Å². The quantitative estimate of drug-likeness (QED) is 0.587. The molecule has 0 radical (unpaired) electrons. The minimum atomic E-state index is -4.17. The molecule has 4 rings (SSSR count). The number of morpholine rings is 1. The van der Waals surface area contributed by atoms with Crippen molar-refractivity contribution in [2.75, 3.05) is 19.4 Å². The molecule has 2 aromatic heterocycles. The molecule has 3 heterocycles. The molecular formula is C21H27F3N4O5S. The lowest BCUT2D eigenvalue weighted by atomic mass is 9.80. The molecular weight excluding hydrogens is 477 g/mol. The van der Waals surface area contributed by atoms with Gasteiger partial charge in [0.1, 0.15) is 6.10 Å². The summed E-state index contributed by atoms with van der Waals surface area (Å²) in [6, 6.07) is 3.15. The highest BCUT2D eigenvalue weighted by atomic mass is 32.2. The predicted molar refractivity (Wildman–Crippen MR) is 115 cm³/mol. The van der Waals surface area contributed by atoms with Crippen LogP contribution in [0.5, 0.6) is 0 Å². The first-order chi connectivity index (χ1) is 15.8. The molecule has 9 nitrogen and oxygen atoms in total. The minimum Gasteiger partial charge on any atom is -0.368 e. The number of alkyl halides is 3. The van der Waals surface area contributed by atoms with Crippen molar-refractivity contribution in [1.82, 2.24) is 19.5 Å². The molecule has 0 bridgehead atoms. The molecule has 34 heavy (non-hydrogen) atoms. The Morgan fingerprint density at radius 1 is 1.21 bits per heavy atom. The third-order valence-electron chi connectivity index (χ3n) is 6.43. The molecule has 188 valence electrons. The summed E-state index contributed by atoms with van der Waals surface area (Å²) in [5, 5.41) is 4.65. The summed E-state index contributed by atoms with van der Waals surface area (Å²) < 4.78 is 74.0. The van der Waals surface area contributed by atoms with Crippen LogP contribution in [0.4, 0.5) is 18.0 Å². The number of ether oxygens (including phenoxy) is 1. The summed E-state index contributed by atoms with van der Waals surface area (Å²) in [4.78, 5) is 18.2. The first-order valence-electron chi connectivity index (χ1n) is 11.1. The Hall–Kier alpha value is -2.41. The largest absolute Gasteiger partial charge is 0.425 e. The highest BCUT2D eigenvalue weighted by Crippen LogP contribution is 2.42. The van der Waals surface area contributed by atoms with E-state index in [1.165, 1.54) is 4.90 Å². The van der Waals surface area contributed by atoms with Gasteiger partial charge in [-0.3, -0.25) is 4.90 Å². The number of hydrogen-bond donors (Lipinski definition) is 0. The van der Waals surface area contributed by atoms with Crippen LogP contribution in [0.1, 0.15) is 61.7 Å². The summed E-state index contributed by atoms with van der Waals surface area (Å²) >= 11 is 0. The van der Waals surface area contributed by atoms with Crippen molar-refractivity contribution in [2.45, 2.75) is 63.8 Å². The van der Waals surface area contributed by atoms with Crippen LogP contribution in [0.15, 0.2) is 12.1 Å². The summed E-state index contributed by atoms with van der Waals surface area (Å²) in [6.45, 7) is 3.71. The fourth-order valence-electron chi connectivity index (χ4n) is 4.66. The van der Waals surface area contributed by atoms with E-state index in [0.717, 1.165) is 6.26 Å². The third-order valence-corrected chi connectivity index (χ3v) is 6.88. The van der Waals surface area contributed by atoms with Crippen molar-refractivity contribution >= 4 is 21.9 Å². The Bertz CT molecular complexity index is 1180. The van der Waals surface area contributed by atoms with E-state index in [0.29, 0.717) is 35.6 Å². The van der Waals surface area contributed by atoms with Gasteiger partial charge in [0.25, 0.3) is 0 Å². The van der Waals surface area contributed by atoms with Gasteiger partial charge in [-0.2, -0.15) is 26.7 Å². The molecule has 2 aliphatic rings. The summed E-state index contributed by atoms with van der Waals surface area (Å²) in [5.41, 5.74) is 2.51. The lowest BCUT2D eigenvalue weighted by Crippen LogP contribution is -2.49. The van der Waals surface area contributed by atoms with Crippen LogP contribution in [0, 0.1) is 12.8 Å². The van der Waals surface area contributed by atoms with E-state index in [-0.39, 0.29) is 31.9 Å². The van der Waals surface area contributed by atoms with Gasteiger partial charge < -0.3 is 8.92 Å². The van der Waals surface area contributed by atoms with Crippen molar-refractivity contribution < 1.29 is 35.3 Å². The highest BCUT2D eigenvalue weighted by Gasteiger charge is 2.42. The molecule has 1 amide bonds. The average molecular weight is 505 g/mol. The first kappa shape index (κ1) is 24.7. The van der Waals surface area contributed by atoms with Crippen molar-refractivity contribution in [3.05, 3.63) is 29.2 Å². The van der Waals surface area contributed by atoms with E-state index in [4.69, 9.17) is 4.74 Å². The van der Waals surface area contributed by atoms with Gasteiger partial charge in [-0.15, -0.1) is 0 Å². The second kappa shape index (κ2) is 8.99. The zero-order valence-electron chi connectivity index (χ0n) is 19.1. The number of carbonyl (C=O) groups is 1. The molecule has 2 aromatic rings. The van der Waals surface area contributed by atoms with Gasteiger partial charge in [0, 0.05) is 17.7 Å². The standard InChI is InChI=1S/C21H27F3N4O5S/c1-12-8-17(18-10-27(13(2)11-32-18)20(29)33-34(3,30)31)28-19(25-12)9-16(26-28)14-4-6-15(7-5-14)21(22,23)24/h8-9,13-15,18H,4-7,10-11H2,1-3H3/t13-,14?,15?,18-/m0/s1. The molecule has 0 aromatic carbocycles. The number of nitrogens with zero attached hydrogens (tertiary/aromatic N) is 4. The number of amides is 1. The maximum atomic E-state index is 13.0. The number of aromatic nitrogens is 3. The summed E-state index contributed by atoms with van der Waals surface area (Å²) in [5.74, 6) is -1.37. The molecule has 0 unspecified atom stereocenters. The maximum Gasteiger partial charge on any atom is 0.425 e. The number of hydrogen-bond acceptors (Lipinski definition) is 7. The second-order valence-corrected chi connectivity index (χ2v) is 10.7. The van der Waals surface area contributed by atoms with Gasteiger partial charge >= 0.3 is 22.4 Å². The Morgan fingerprint density at radius 3 is 2.50 bits per heavy atom. The zero-order chi connectivity index (χ0) is 24.8. The Balaban J connectivity index is 1.58. The first-order valence-corrected chi connectivity index (χ1v) is 12.9. The van der Waals surface area contributed by atoms with Gasteiger partial charge in [0.15, 0.2) is 5.65 Å². The second-order valence-electron chi connectivity index (χ2n) is 9.13. The summed E-state index contributed by atoms with van der Waals surface area (Å²) in [6.07, 6.45) is -4.04. The van der Waals surface area contributed by atoms with E-state index < -0.39 is 40.5 Å². The third kappa shape index (κ3) is 5.29. The molecule has 1 saturated heterocycles. The van der Waals surface area contributed by atoms with Crippen LogP contribution in [0.3, 0.4) is 0 Å². The van der Waals surface area contributed by atoms with Crippen molar-refractivity contribution in [3.8, 4) is 0 Å². The Morgan fingerprint density at radius 2 is 1.88 bits per heavy atom. The van der Waals surface area contributed by atoms with E-state index in [9.17, 15) is 26.4 Å². The maximum absolute atomic E-state index is 13.0. The molecule has 1 saturated carbocycles. The average Bonchev–Trinajstić information content (AvgIpc) is 3.15. The molecule has 1 aliphatic carbocycles. The van der Waals surface area contributed by atoms with Crippen LogP contribution >= 0.6 is 0 Å². The van der Waals surface area contributed by atoms with E-state index in [1.54, 1.807) is 30.5 Å². The Kier molecular flexibility index (Phi) is 6.53. The van der Waals surface area contributed by atoms with Gasteiger partial charge in [0.2, 0.25) is 0 Å². The normalized spacial score (nSPS) is 26.6. The van der Waals surface area contributed by atoms with Gasteiger partial charge in [-0.1, -0.05) is 0 Å². The molecule has 13 heteroatoms. The van der Waals surface area contributed by atoms with Gasteiger partial charge in [-0.25, -0.2) is 14.3 Å². The number of rotatable bonds is 3. The fourth-order valence-corrected chi connectivity index (χ4v) is 5.01. The molecule has 1 aliphatic heterocycles. The van der Waals surface area contributed by atoms with Crippen LogP contribution in [-0.4, -0.2) is 65.6 Å². The van der Waals surface area contributed by atoms with Gasteiger partial charge in [0.05, 0.1) is 42.8 Å². The smallest absolute Gasteiger partial charge is 0.368 e. The molecule has 2 fully saturated rings. The molecule has 2 atom stereocenters. The van der Waals surface area contributed by atoms with Crippen molar-refractivity contribution in [1.29, 1.82) is 0 Å². The van der Waals surface area contributed by atoms with Crippen LogP contribution in [0.25, 0.3) is 5.65 Å². The van der Waals surface area contributed by atoms with Crippen molar-refractivity contribution in [3.63, 3.8) is 0 Å². The monoisotopic (exact) mass is 504 g/mol. The SMILES string of the molecule is Cc1cc([C@@H]2CN(C(=O)OS(C)(=O)=O)[C@@H](C)CO2)n2nc(C3CCC(C(F)(F)F)CC3)cc2n1. The van der Waals surface area contributed by atoms with Crippen LogP contribution in [0.2, 0.25) is 0 Å². The number of fused-ring (bicyclic) bond motifs is 1. The number of aryl methyl sites for hydroxylation is 1. The minimum absolute atomic E-state index is 0.0416. The number of halogens is 3. The fraction of sp³-hybridized carbons (Fsp3) is 0.667. The van der Waals surface area contributed by atoms with E-state index >= 15 is 0 Å². The lowest BCUT2D eigenvalue weighted by Gasteiger charge is -2.37. The van der Waals surface area contributed by atoms with E-state index in [1.807, 2.05) is 0 Å². The zero-order valence-corrected chi connectivity index (χ0v) is 19.9. The van der Waals surface area contributed by atoms with Crippen LogP contribution in [-0.2, 0) is 19.0 Å². The highest BCUT2D eigenvalue weighted by molar-refractivity contribution is 7.86. The Labute approximate surface area is 195 Å². The lowest BCUT2D eigenvalue weighted by molar-refractivity contribution is -0.182. The molecule has 0 N–H and O–H groups in total. The van der Waals surface area contributed by atoms with E-state index in [2.05, 4.69) is 14.3 Å². The number of carbonyl (C=O) groups excluding carboxylic acids is 1. The topological polar surface area (TPSA) is 103 Å². The predicted octanol–water partition coefficient (Wildman–Crippen LogP) is 3.73.